The van der Waals surface area contributed by atoms with E-state index in [-0.39, 0.29) is 0 Å². The first kappa shape index (κ1) is 10.9. The van der Waals surface area contributed by atoms with Crippen molar-refractivity contribution in [3.8, 4) is 0 Å². The quantitative estimate of drug-likeness (QED) is 0.793. The van der Waals surface area contributed by atoms with Crippen LogP contribution in [0.15, 0.2) is 6.20 Å². The Bertz CT molecular complexity index is 292. The lowest BCUT2D eigenvalue weighted by Crippen LogP contribution is -2.24. The van der Waals surface area contributed by atoms with Crippen LogP contribution in [0.4, 0.5) is 11.5 Å². The average Bonchev–Trinajstić information content (AvgIpc) is 2.45. The lowest BCUT2D eigenvalue weighted by molar-refractivity contribution is 0.556. The van der Waals surface area contributed by atoms with Crippen molar-refractivity contribution in [2.75, 3.05) is 24.2 Å². The maximum absolute atomic E-state index is 5.83. The molecule has 0 amide bonds. The molecule has 1 rings (SSSR count). The highest BCUT2D eigenvalue weighted by Gasteiger charge is 2.11. The van der Waals surface area contributed by atoms with E-state index in [0.29, 0.717) is 5.92 Å². The normalized spacial score (nSPS) is 12.9. The number of nitrogen functional groups attached to an aromatic ring is 1. The SMILES string of the molecule is CCC(C)CN(C)c1nn(C)cc1N. The van der Waals surface area contributed by atoms with Crippen molar-refractivity contribution >= 4 is 11.5 Å². The molecule has 14 heavy (non-hydrogen) atoms. The van der Waals surface area contributed by atoms with E-state index in [1.807, 2.05) is 20.3 Å². The summed E-state index contributed by atoms with van der Waals surface area (Å²) in [5, 5.41) is 4.32. The zero-order valence-corrected chi connectivity index (χ0v) is 9.49. The Morgan fingerprint density at radius 2 is 2.29 bits per heavy atom. The summed E-state index contributed by atoms with van der Waals surface area (Å²) in [5.41, 5.74) is 6.58. The van der Waals surface area contributed by atoms with E-state index in [9.17, 15) is 0 Å². The number of aryl methyl sites for hydroxylation is 1. The molecule has 1 heterocycles. The minimum absolute atomic E-state index is 0.668. The van der Waals surface area contributed by atoms with E-state index in [1.165, 1.54) is 6.42 Å². The van der Waals surface area contributed by atoms with Crippen LogP contribution in [0, 0.1) is 5.92 Å². The molecular formula is C10H20N4. The number of nitrogens with zero attached hydrogens (tertiary/aromatic N) is 3. The molecule has 1 unspecified atom stereocenters. The van der Waals surface area contributed by atoms with Crippen LogP contribution in [0.3, 0.4) is 0 Å². The van der Waals surface area contributed by atoms with Crippen LogP contribution in [0.5, 0.6) is 0 Å². The zero-order valence-electron chi connectivity index (χ0n) is 9.49. The predicted molar refractivity (Wildman–Crippen MR) is 60.3 cm³/mol. The highest BCUT2D eigenvalue weighted by atomic mass is 15.3. The molecule has 4 heteroatoms. The topological polar surface area (TPSA) is 47.1 Å². The number of hydrogen-bond donors (Lipinski definition) is 1. The highest BCUT2D eigenvalue weighted by molar-refractivity contribution is 5.61. The molecular weight excluding hydrogens is 176 g/mol. The van der Waals surface area contributed by atoms with Gasteiger partial charge in [0.05, 0.1) is 5.69 Å². The Morgan fingerprint density at radius 3 is 2.71 bits per heavy atom. The van der Waals surface area contributed by atoms with Crippen molar-refractivity contribution in [1.29, 1.82) is 0 Å². The van der Waals surface area contributed by atoms with Crippen molar-refractivity contribution in [3.05, 3.63) is 6.20 Å². The molecule has 1 atom stereocenters. The number of nitrogens with two attached hydrogens (primary N) is 1. The standard InChI is InChI=1S/C10H20N4/c1-5-8(2)6-13(3)10-9(11)7-14(4)12-10/h7-8H,5-6,11H2,1-4H3. The Hall–Kier alpha value is -1.19. The van der Waals surface area contributed by atoms with E-state index in [0.717, 1.165) is 18.1 Å². The van der Waals surface area contributed by atoms with Crippen molar-refractivity contribution in [3.63, 3.8) is 0 Å². The van der Waals surface area contributed by atoms with Crippen LogP contribution < -0.4 is 10.6 Å². The minimum atomic E-state index is 0.668. The number of rotatable bonds is 4. The second-order valence-corrected chi connectivity index (χ2v) is 3.98. The van der Waals surface area contributed by atoms with E-state index < -0.39 is 0 Å². The average molecular weight is 196 g/mol. The molecule has 0 bridgehead atoms. The zero-order chi connectivity index (χ0) is 10.7. The minimum Gasteiger partial charge on any atom is -0.394 e. The van der Waals surface area contributed by atoms with Crippen LogP contribution in [-0.4, -0.2) is 23.4 Å². The smallest absolute Gasteiger partial charge is 0.173 e. The van der Waals surface area contributed by atoms with E-state index >= 15 is 0 Å². The van der Waals surface area contributed by atoms with Gasteiger partial charge in [-0.15, -0.1) is 0 Å². The summed E-state index contributed by atoms with van der Waals surface area (Å²) >= 11 is 0. The summed E-state index contributed by atoms with van der Waals surface area (Å²) in [7, 11) is 3.92. The second kappa shape index (κ2) is 4.35. The third-order valence-corrected chi connectivity index (χ3v) is 2.48. The van der Waals surface area contributed by atoms with Gasteiger partial charge in [-0.1, -0.05) is 20.3 Å². The third-order valence-electron chi connectivity index (χ3n) is 2.48. The molecule has 0 aromatic carbocycles. The Labute approximate surface area is 85.7 Å². The number of aromatic nitrogens is 2. The van der Waals surface area contributed by atoms with Crippen molar-refractivity contribution in [2.24, 2.45) is 13.0 Å². The molecule has 1 aromatic heterocycles. The van der Waals surface area contributed by atoms with Crippen molar-refractivity contribution in [2.45, 2.75) is 20.3 Å². The summed E-state index contributed by atoms with van der Waals surface area (Å²) in [6, 6.07) is 0. The van der Waals surface area contributed by atoms with Gasteiger partial charge in [-0.2, -0.15) is 5.10 Å². The summed E-state index contributed by atoms with van der Waals surface area (Å²) in [4.78, 5) is 2.11. The maximum Gasteiger partial charge on any atom is 0.173 e. The largest absolute Gasteiger partial charge is 0.394 e. The number of anilines is 2. The summed E-state index contributed by atoms with van der Waals surface area (Å²) in [5.74, 6) is 1.55. The predicted octanol–water partition coefficient (Wildman–Crippen LogP) is 1.48. The van der Waals surface area contributed by atoms with Crippen LogP contribution in [-0.2, 0) is 7.05 Å². The molecule has 0 aliphatic rings. The van der Waals surface area contributed by atoms with Crippen LogP contribution in [0.25, 0.3) is 0 Å². The van der Waals surface area contributed by atoms with Crippen molar-refractivity contribution < 1.29 is 0 Å². The molecule has 0 saturated heterocycles. The van der Waals surface area contributed by atoms with Gasteiger partial charge in [-0.25, -0.2) is 0 Å². The molecule has 0 aliphatic carbocycles. The van der Waals surface area contributed by atoms with Gasteiger partial charge in [0.15, 0.2) is 5.82 Å². The molecule has 2 N–H and O–H groups in total. The molecule has 80 valence electrons. The Balaban J connectivity index is 2.69. The summed E-state index contributed by atoms with van der Waals surface area (Å²) in [6.07, 6.45) is 3.01. The Kier molecular flexibility index (Phi) is 3.38. The molecule has 0 radical (unpaired) electrons. The molecule has 0 spiro atoms. The van der Waals surface area contributed by atoms with Crippen molar-refractivity contribution in [1.82, 2.24) is 9.78 Å². The first-order valence-electron chi connectivity index (χ1n) is 5.04. The lowest BCUT2D eigenvalue weighted by atomic mass is 10.1. The first-order chi connectivity index (χ1) is 6.54. The van der Waals surface area contributed by atoms with E-state index in [1.54, 1.807) is 4.68 Å². The molecule has 0 saturated carbocycles. The van der Waals surface area contributed by atoms with Crippen LogP contribution in [0.2, 0.25) is 0 Å². The summed E-state index contributed by atoms with van der Waals surface area (Å²) < 4.78 is 1.75. The Morgan fingerprint density at radius 1 is 1.64 bits per heavy atom. The first-order valence-corrected chi connectivity index (χ1v) is 5.04. The van der Waals surface area contributed by atoms with Gasteiger partial charge in [0.1, 0.15) is 0 Å². The van der Waals surface area contributed by atoms with Gasteiger partial charge in [0, 0.05) is 26.8 Å². The molecule has 1 aromatic rings. The second-order valence-electron chi connectivity index (χ2n) is 3.98. The third kappa shape index (κ3) is 2.40. The van der Waals surface area contributed by atoms with Crippen LogP contribution in [0.1, 0.15) is 20.3 Å². The van der Waals surface area contributed by atoms with Gasteiger partial charge in [0.25, 0.3) is 0 Å². The number of hydrogen-bond acceptors (Lipinski definition) is 3. The van der Waals surface area contributed by atoms with Gasteiger partial charge >= 0.3 is 0 Å². The van der Waals surface area contributed by atoms with Gasteiger partial charge < -0.3 is 10.6 Å². The fourth-order valence-corrected chi connectivity index (χ4v) is 1.47. The molecule has 4 nitrogen and oxygen atoms in total. The fourth-order valence-electron chi connectivity index (χ4n) is 1.47. The fraction of sp³-hybridized carbons (Fsp3) is 0.700. The summed E-state index contributed by atoms with van der Waals surface area (Å²) in [6.45, 7) is 5.42. The molecule has 0 fully saturated rings. The maximum atomic E-state index is 5.83. The van der Waals surface area contributed by atoms with E-state index in [2.05, 4.69) is 23.8 Å². The molecule has 0 aliphatic heterocycles. The van der Waals surface area contributed by atoms with Gasteiger partial charge in [0.2, 0.25) is 0 Å². The van der Waals surface area contributed by atoms with Crippen LogP contribution >= 0.6 is 0 Å². The van der Waals surface area contributed by atoms with E-state index in [4.69, 9.17) is 5.73 Å². The highest BCUT2D eigenvalue weighted by Crippen LogP contribution is 2.19. The monoisotopic (exact) mass is 196 g/mol. The van der Waals surface area contributed by atoms with Gasteiger partial charge in [-0.05, 0) is 5.92 Å². The lowest BCUT2D eigenvalue weighted by Gasteiger charge is -2.20. The van der Waals surface area contributed by atoms with Gasteiger partial charge in [-0.3, -0.25) is 4.68 Å².